The number of primary sulfonamides is 1. The number of nitrogens with two attached hydrogens (primary N) is 1. The van der Waals surface area contributed by atoms with Crippen LogP contribution in [0.15, 0.2) is 47.4 Å². The number of fused-ring (bicyclic) bond motifs is 1. The molecule has 6 heteroatoms. The van der Waals surface area contributed by atoms with Crippen LogP contribution in [0.25, 0.3) is 0 Å². The normalized spacial score (nSPS) is 14.9. The van der Waals surface area contributed by atoms with Crippen LogP contribution in [0.2, 0.25) is 0 Å². The van der Waals surface area contributed by atoms with Crippen LogP contribution in [0, 0.1) is 0 Å². The topological polar surface area (TPSA) is 66.6 Å². The van der Waals surface area contributed by atoms with Crippen molar-refractivity contribution in [2.45, 2.75) is 44.6 Å². The maximum absolute atomic E-state index is 12.1. The molecule has 3 rings (SSSR count). The fourth-order valence-electron chi connectivity index (χ4n) is 4.20. The van der Waals surface area contributed by atoms with Gasteiger partial charge in [-0.1, -0.05) is 44.2 Å². The molecule has 0 saturated carbocycles. The van der Waals surface area contributed by atoms with Gasteiger partial charge in [-0.3, -0.25) is 4.90 Å². The Kier molecular flexibility index (Phi) is 7.46. The van der Waals surface area contributed by atoms with E-state index in [1.54, 1.807) is 12.1 Å². The summed E-state index contributed by atoms with van der Waals surface area (Å²) >= 11 is 0. The van der Waals surface area contributed by atoms with Gasteiger partial charge in [0.25, 0.3) is 0 Å². The van der Waals surface area contributed by atoms with Crippen LogP contribution in [0.1, 0.15) is 42.5 Å². The summed E-state index contributed by atoms with van der Waals surface area (Å²) < 4.78 is 24.2. The molecule has 2 N–H and O–H groups in total. The summed E-state index contributed by atoms with van der Waals surface area (Å²) in [5.41, 5.74) is 4.67. The van der Waals surface area contributed by atoms with Crippen molar-refractivity contribution >= 4 is 10.0 Å². The van der Waals surface area contributed by atoms with Crippen molar-refractivity contribution in [2.75, 3.05) is 32.7 Å². The number of nitrogens with zero attached hydrogens (tertiary/aromatic N) is 2. The molecule has 1 heterocycles. The molecule has 0 fully saturated rings. The molecule has 0 unspecified atom stereocenters. The molecule has 0 radical (unpaired) electrons. The lowest BCUT2D eigenvalue weighted by Gasteiger charge is -2.31. The van der Waals surface area contributed by atoms with Crippen LogP contribution in [-0.2, 0) is 29.4 Å². The van der Waals surface area contributed by atoms with Crippen LogP contribution < -0.4 is 5.14 Å². The van der Waals surface area contributed by atoms with E-state index in [-0.39, 0.29) is 4.90 Å². The van der Waals surface area contributed by atoms with Crippen molar-refractivity contribution in [1.29, 1.82) is 0 Å². The van der Waals surface area contributed by atoms with Gasteiger partial charge in [-0.2, -0.15) is 0 Å². The molecule has 158 valence electrons. The summed E-state index contributed by atoms with van der Waals surface area (Å²) in [6.07, 6.45) is 2.81. The second kappa shape index (κ2) is 9.85. The van der Waals surface area contributed by atoms with Crippen LogP contribution >= 0.6 is 0 Å². The molecule has 29 heavy (non-hydrogen) atoms. The van der Waals surface area contributed by atoms with Gasteiger partial charge in [0.1, 0.15) is 0 Å². The van der Waals surface area contributed by atoms with Gasteiger partial charge in [-0.25, -0.2) is 13.6 Å². The Hall–Kier alpha value is -1.73. The van der Waals surface area contributed by atoms with Gasteiger partial charge in [-0.15, -0.1) is 0 Å². The van der Waals surface area contributed by atoms with Gasteiger partial charge in [0.2, 0.25) is 10.0 Å². The van der Waals surface area contributed by atoms with Crippen molar-refractivity contribution in [2.24, 2.45) is 5.14 Å². The summed E-state index contributed by atoms with van der Waals surface area (Å²) in [6, 6.07) is 13.8. The van der Waals surface area contributed by atoms with E-state index in [1.807, 2.05) is 18.2 Å². The summed E-state index contributed by atoms with van der Waals surface area (Å²) in [5.74, 6) is 0. The third-order valence-corrected chi connectivity index (χ3v) is 6.78. The van der Waals surface area contributed by atoms with E-state index in [1.165, 1.54) is 11.1 Å². The predicted molar refractivity (Wildman–Crippen MR) is 118 cm³/mol. The maximum atomic E-state index is 12.1. The lowest BCUT2D eigenvalue weighted by Crippen LogP contribution is -2.34. The summed E-state index contributed by atoms with van der Waals surface area (Å²) in [6.45, 7) is 10.5. The Labute approximate surface area is 175 Å². The first-order chi connectivity index (χ1) is 13.9. The second-order valence-electron chi connectivity index (χ2n) is 7.83. The zero-order valence-electron chi connectivity index (χ0n) is 17.6. The molecule has 2 aromatic carbocycles. The summed E-state index contributed by atoms with van der Waals surface area (Å²) in [5, 5.41) is 5.48. The molecule has 0 saturated heterocycles. The Morgan fingerprint density at radius 2 is 1.83 bits per heavy atom. The Bertz CT molecular complexity index is 909. The smallest absolute Gasteiger partial charge is 0.238 e. The molecular formula is C23H33N3O2S. The van der Waals surface area contributed by atoms with Crippen molar-refractivity contribution in [3.05, 3.63) is 64.7 Å². The zero-order valence-corrected chi connectivity index (χ0v) is 18.4. The maximum Gasteiger partial charge on any atom is 0.238 e. The molecule has 2 aromatic rings. The summed E-state index contributed by atoms with van der Waals surface area (Å²) in [7, 11) is -3.73. The summed E-state index contributed by atoms with van der Waals surface area (Å²) in [4.78, 5) is 5.10. The lowest BCUT2D eigenvalue weighted by molar-refractivity contribution is 0.223. The van der Waals surface area contributed by atoms with Crippen molar-refractivity contribution in [3.63, 3.8) is 0 Å². The van der Waals surface area contributed by atoms with Crippen molar-refractivity contribution < 1.29 is 8.42 Å². The number of hydrogen-bond acceptors (Lipinski definition) is 4. The minimum atomic E-state index is -3.73. The molecule has 0 bridgehead atoms. The number of sulfonamides is 1. The highest BCUT2D eigenvalue weighted by Crippen LogP contribution is 2.28. The second-order valence-corrected chi connectivity index (χ2v) is 9.40. The quantitative estimate of drug-likeness (QED) is 0.684. The first kappa shape index (κ1) is 22.0. The van der Waals surface area contributed by atoms with E-state index >= 15 is 0 Å². The van der Waals surface area contributed by atoms with Crippen molar-refractivity contribution in [3.8, 4) is 0 Å². The highest BCUT2D eigenvalue weighted by Gasteiger charge is 2.22. The molecule has 0 spiro atoms. The minimum absolute atomic E-state index is 0.229. The van der Waals surface area contributed by atoms with E-state index in [0.717, 1.165) is 69.7 Å². The molecule has 1 aliphatic rings. The molecule has 0 atom stereocenters. The first-order valence-electron chi connectivity index (χ1n) is 10.6. The Morgan fingerprint density at radius 3 is 2.48 bits per heavy atom. The fraction of sp³-hybridized carbons (Fsp3) is 0.478. The highest BCUT2D eigenvalue weighted by atomic mass is 32.2. The third-order valence-electron chi connectivity index (χ3n) is 5.89. The number of benzene rings is 2. The highest BCUT2D eigenvalue weighted by molar-refractivity contribution is 7.89. The van der Waals surface area contributed by atoms with Gasteiger partial charge >= 0.3 is 0 Å². The van der Waals surface area contributed by atoms with Gasteiger partial charge in [0.05, 0.1) is 4.90 Å². The van der Waals surface area contributed by atoms with E-state index in [0.29, 0.717) is 0 Å². The van der Waals surface area contributed by atoms with E-state index in [9.17, 15) is 8.42 Å². The third kappa shape index (κ3) is 5.89. The molecule has 0 aliphatic carbocycles. The molecular weight excluding hydrogens is 382 g/mol. The van der Waals surface area contributed by atoms with E-state index in [4.69, 9.17) is 5.14 Å². The van der Waals surface area contributed by atoms with Crippen LogP contribution in [0.5, 0.6) is 0 Å². The van der Waals surface area contributed by atoms with Crippen LogP contribution in [0.3, 0.4) is 0 Å². The van der Waals surface area contributed by atoms with Gasteiger partial charge in [0, 0.05) is 13.1 Å². The van der Waals surface area contributed by atoms with Gasteiger partial charge in [0.15, 0.2) is 0 Å². The number of rotatable bonds is 9. The van der Waals surface area contributed by atoms with Crippen molar-refractivity contribution in [1.82, 2.24) is 9.80 Å². The van der Waals surface area contributed by atoms with Gasteiger partial charge < -0.3 is 4.90 Å². The zero-order chi connectivity index (χ0) is 20.9. The standard InChI is InChI=1S/C23H33N3O2S/c1-3-25(4-2)12-8-13-26-14-11-23-20(15-19-9-6-5-7-10-19)16-22(29(24,27)28)17-21(23)18-26/h5-7,9-10,16-17H,3-4,8,11-15,18H2,1-2H3,(H2,24,27,28). The van der Waals surface area contributed by atoms with Gasteiger partial charge in [-0.05, 0) is 79.8 Å². The van der Waals surface area contributed by atoms with E-state index in [2.05, 4.69) is 35.8 Å². The largest absolute Gasteiger partial charge is 0.304 e. The minimum Gasteiger partial charge on any atom is -0.304 e. The molecule has 1 aliphatic heterocycles. The fourth-order valence-corrected chi connectivity index (χ4v) is 4.82. The first-order valence-corrected chi connectivity index (χ1v) is 12.1. The SMILES string of the molecule is CCN(CC)CCCN1CCc2c(Cc3ccccc3)cc(S(N)(=O)=O)cc2C1. The Balaban J connectivity index is 1.80. The molecule has 5 nitrogen and oxygen atoms in total. The average Bonchev–Trinajstić information content (AvgIpc) is 2.71. The molecule has 0 amide bonds. The van der Waals surface area contributed by atoms with Crippen LogP contribution in [0.4, 0.5) is 0 Å². The van der Waals surface area contributed by atoms with Crippen LogP contribution in [-0.4, -0.2) is 50.9 Å². The lowest BCUT2D eigenvalue weighted by atomic mass is 9.91. The number of hydrogen-bond donors (Lipinski definition) is 1. The van der Waals surface area contributed by atoms with E-state index < -0.39 is 10.0 Å². The predicted octanol–water partition coefficient (Wildman–Crippen LogP) is 3.01. The average molecular weight is 416 g/mol. The Morgan fingerprint density at radius 1 is 1.10 bits per heavy atom. The monoisotopic (exact) mass is 415 g/mol. The molecule has 0 aromatic heterocycles.